The first-order chi connectivity index (χ1) is 12.9. The van der Waals surface area contributed by atoms with E-state index in [1.165, 1.54) is 5.56 Å². The Hall–Kier alpha value is -2.24. The van der Waals surface area contributed by atoms with Gasteiger partial charge in [-0.3, -0.25) is 4.79 Å². The summed E-state index contributed by atoms with van der Waals surface area (Å²) in [4.78, 5) is 17.0. The smallest absolute Gasteiger partial charge is 0.262 e. The zero-order valence-corrected chi connectivity index (χ0v) is 16.8. The summed E-state index contributed by atoms with van der Waals surface area (Å²) in [6.45, 7) is 7.84. The number of anilines is 2. The Morgan fingerprint density at radius 3 is 2.52 bits per heavy atom. The first kappa shape index (κ1) is 19.5. The molecule has 5 nitrogen and oxygen atoms in total. The van der Waals surface area contributed by atoms with Crippen molar-refractivity contribution < 1.29 is 9.53 Å². The number of amides is 1. The van der Waals surface area contributed by atoms with Gasteiger partial charge < -0.3 is 19.9 Å². The lowest BCUT2D eigenvalue weighted by Gasteiger charge is -2.35. The van der Waals surface area contributed by atoms with Gasteiger partial charge in [0.05, 0.1) is 11.4 Å². The highest BCUT2D eigenvalue weighted by Gasteiger charge is 2.18. The fraction of sp³-hybridized carbons (Fsp3) is 0.381. The van der Waals surface area contributed by atoms with E-state index in [0.717, 1.165) is 43.1 Å². The van der Waals surface area contributed by atoms with Gasteiger partial charge in [0.15, 0.2) is 6.61 Å². The fourth-order valence-electron chi connectivity index (χ4n) is 3.07. The zero-order valence-electron chi connectivity index (χ0n) is 16.1. The van der Waals surface area contributed by atoms with Crippen molar-refractivity contribution in [1.82, 2.24) is 4.90 Å². The molecule has 1 saturated heterocycles. The summed E-state index contributed by atoms with van der Waals surface area (Å²) in [6.07, 6.45) is 0. The summed E-state index contributed by atoms with van der Waals surface area (Å²) in [6, 6.07) is 11.4. The summed E-state index contributed by atoms with van der Waals surface area (Å²) in [5, 5.41) is 3.55. The number of halogens is 1. The second-order valence-electron chi connectivity index (χ2n) is 7.03. The minimum Gasteiger partial charge on any atom is -0.484 e. The van der Waals surface area contributed by atoms with Crippen LogP contribution in [-0.4, -0.2) is 50.6 Å². The molecule has 144 valence electrons. The molecule has 0 bridgehead atoms. The normalized spacial score (nSPS) is 14.9. The van der Waals surface area contributed by atoms with E-state index >= 15 is 0 Å². The largest absolute Gasteiger partial charge is 0.484 e. The van der Waals surface area contributed by atoms with Gasteiger partial charge in [0.1, 0.15) is 5.75 Å². The zero-order chi connectivity index (χ0) is 19.4. The monoisotopic (exact) mass is 387 g/mol. The van der Waals surface area contributed by atoms with Gasteiger partial charge in [-0.2, -0.15) is 0 Å². The van der Waals surface area contributed by atoms with E-state index < -0.39 is 0 Å². The van der Waals surface area contributed by atoms with Crippen molar-refractivity contribution in [3.05, 3.63) is 52.5 Å². The highest BCUT2D eigenvalue weighted by atomic mass is 35.5. The average molecular weight is 388 g/mol. The van der Waals surface area contributed by atoms with E-state index in [2.05, 4.69) is 22.2 Å². The summed E-state index contributed by atoms with van der Waals surface area (Å²) < 4.78 is 5.64. The van der Waals surface area contributed by atoms with Crippen LogP contribution in [0.15, 0.2) is 36.4 Å². The molecule has 0 saturated carbocycles. The molecule has 0 spiro atoms. The molecule has 2 aromatic rings. The third-order valence-corrected chi connectivity index (χ3v) is 5.16. The topological polar surface area (TPSA) is 44.8 Å². The van der Waals surface area contributed by atoms with Crippen molar-refractivity contribution in [2.24, 2.45) is 0 Å². The Bertz CT molecular complexity index is 817. The van der Waals surface area contributed by atoms with Crippen LogP contribution in [-0.2, 0) is 4.79 Å². The minimum atomic E-state index is -0.203. The van der Waals surface area contributed by atoms with Gasteiger partial charge in [-0.05, 0) is 62.4 Å². The number of rotatable bonds is 5. The van der Waals surface area contributed by atoms with Gasteiger partial charge in [0.25, 0.3) is 5.91 Å². The first-order valence-electron chi connectivity index (χ1n) is 9.15. The Kier molecular flexibility index (Phi) is 6.24. The summed E-state index contributed by atoms with van der Waals surface area (Å²) >= 11 is 6.16. The lowest BCUT2D eigenvalue weighted by molar-refractivity contribution is -0.118. The molecule has 2 aromatic carbocycles. The van der Waals surface area contributed by atoms with Crippen molar-refractivity contribution in [2.45, 2.75) is 13.8 Å². The molecule has 1 heterocycles. The van der Waals surface area contributed by atoms with Crippen molar-refractivity contribution in [3.63, 3.8) is 0 Å². The molecule has 0 aliphatic carbocycles. The number of ether oxygens (including phenoxy) is 1. The van der Waals surface area contributed by atoms with E-state index in [4.69, 9.17) is 16.3 Å². The lowest BCUT2D eigenvalue weighted by atomic mass is 10.1. The van der Waals surface area contributed by atoms with Gasteiger partial charge in [-0.25, -0.2) is 0 Å². The number of aryl methyl sites for hydroxylation is 2. The summed E-state index contributed by atoms with van der Waals surface area (Å²) in [7, 11) is 2.12. The molecule has 6 heteroatoms. The van der Waals surface area contributed by atoms with E-state index in [1.54, 1.807) is 6.07 Å². The molecular formula is C21H26ClN3O2. The quantitative estimate of drug-likeness (QED) is 0.849. The van der Waals surface area contributed by atoms with Crippen molar-refractivity contribution >= 4 is 28.9 Å². The SMILES string of the molecule is Cc1ccc(OCC(=O)Nc2cc(Cl)ccc2N2CCN(C)CC2)cc1C. The molecule has 3 rings (SSSR count). The Balaban J connectivity index is 1.66. The van der Waals surface area contributed by atoms with E-state index in [9.17, 15) is 4.79 Å². The third-order valence-electron chi connectivity index (χ3n) is 4.92. The molecular weight excluding hydrogens is 362 g/mol. The molecule has 0 radical (unpaired) electrons. The summed E-state index contributed by atoms with van der Waals surface area (Å²) in [5.41, 5.74) is 4.05. The number of carbonyl (C=O) groups excluding carboxylic acids is 1. The summed E-state index contributed by atoms with van der Waals surface area (Å²) in [5.74, 6) is 0.490. The number of benzene rings is 2. The second-order valence-corrected chi connectivity index (χ2v) is 7.47. The molecule has 0 aromatic heterocycles. The molecule has 1 aliphatic rings. The number of hydrogen-bond acceptors (Lipinski definition) is 4. The maximum Gasteiger partial charge on any atom is 0.262 e. The number of likely N-dealkylation sites (N-methyl/N-ethyl adjacent to an activating group) is 1. The third kappa shape index (κ3) is 5.15. The Morgan fingerprint density at radius 1 is 1.07 bits per heavy atom. The van der Waals surface area contributed by atoms with Gasteiger partial charge in [-0.1, -0.05) is 17.7 Å². The maximum absolute atomic E-state index is 12.4. The van der Waals surface area contributed by atoms with Crippen molar-refractivity contribution in [1.29, 1.82) is 0 Å². The van der Waals surface area contributed by atoms with Gasteiger partial charge in [-0.15, -0.1) is 0 Å². The van der Waals surface area contributed by atoms with E-state index in [-0.39, 0.29) is 12.5 Å². The van der Waals surface area contributed by atoms with Crippen LogP contribution in [0.3, 0.4) is 0 Å². The van der Waals surface area contributed by atoms with Crippen LogP contribution in [0.2, 0.25) is 5.02 Å². The van der Waals surface area contributed by atoms with Crippen LogP contribution >= 0.6 is 11.6 Å². The fourth-order valence-corrected chi connectivity index (χ4v) is 3.24. The lowest BCUT2D eigenvalue weighted by Crippen LogP contribution is -2.44. The van der Waals surface area contributed by atoms with Crippen molar-refractivity contribution in [2.75, 3.05) is 50.1 Å². The number of hydrogen-bond donors (Lipinski definition) is 1. The Morgan fingerprint density at radius 2 is 1.81 bits per heavy atom. The van der Waals surface area contributed by atoms with Crippen LogP contribution < -0.4 is 15.0 Å². The van der Waals surface area contributed by atoms with Crippen LogP contribution in [0.1, 0.15) is 11.1 Å². The number of carbonyl (C=O) groups is 1. The average Bonchev–Trinajstić information content (AvgIpc) is 2.64. The number of piperazine rings is 1. The second kappa shape index (κ2) is 8.63. The maximum atomic E-state index is 12.4. The van der Waals surface area contributed by atoms with Crippen LogP contribution in [0, 0.1) is 13.8 Å². The van der Waals surface area contributed by atoms with Crippen molar-refractivity contribution in [3.8, 4) is 5.75 Å². The molecule has 1 fully saturated rings. The standard InChI is InChI=1S/C21H26ClN3O2/c1-15-4-6-18(12-16(15)2)27-14-21(26)23-19-13-17(22)5-7-20(19)25-10-8-24(3)9-11-25/h4-7,12-13H,8-11,14H2,1-3H3,(H,23,26). The highest BCUT2D eigenvalue weighted by Crippen LogP contribution is 2.30. The first-order valence-corrected chi connectivity index (χ1v) is 9.53. The molecule has 1 N–H and O–H groups in total. The van der Waals surface area contributed by atoms with Crippen LogP contribution in [0.25, 0.3) is 0 Å². The van der Waals surface area contributed by atoms with E-state index in [0.29, 0.717) is 10.8 Å². The van der Waals surface area contributed by atoms with Gasteiger partial charge >= 0.3 is 0 Å². The molecule has 1 aliphatic heterocycles. The van der Waals surface area contributed by atoms with E-state index in [1.807, 2.05) is 44.2 Å². The highest BCUT2D eigenvalue weighted by molar-refractivity contribution is 6.31. The molecule has 0 atom stereocenters. The van der Waals surface area contributed by atoms with Crippen LogP contribution in [0.5, 0.6) is 5.75 Å². The predicted molar refractivity (Wildman–Crippen MR) is 111 cm³/mol. The van der Waals surface area contributed by atoms with Gasteiger partial charge in [0.2, 0.25) is 0 Å². The van der Waals surface area contributed by atoms with Crippen LogP contribution in [0.4, 0.5) is 11.4 Å². The number of nitrogens with zero attached hydrogens (tertiary/aromatic N) is 2. The predicted octanol–water partition coefficient (Wildman–Crippen LogP) is 3.73. The number of nitrogens with one attached hydrogen (secondary N) is 1. The molecule has 1 amide bonds. The molecule has 27 heavy (non-hydrogen) atoms. The molecule has 0 unspecified atom stereocenters. The van der Waals surface area contributed by atoms with Gasteiger partial charge in [0, 0.05) is 31.2 Å². The Labute approximate surface area is 165 Å². The minimum absolute atomic E-state index is 0.0445.